The highest BCUT2D eigenvalue weighted by molar-refractivity contribution is 9.10. The number of nitrogens with one attached hydrogen (secondary N) is 1. The Hall–Kier alpha value is -1.36. The predicted molar refractivity (Wildman–Crippen MR) is 77.9 cm³/mol. The van der Waals surface area contributed by atoms with Gasteiger partial charge in [0.25, 0.3) is 0 Å². The summed E-state index contributed by atoms with van der Waals surface area (Å²) in [6.45, 7) is 4.30. The largest absolute Gasteiger partial charge is 0.344 e. The van der Waals surface area contributed by atoms with Gasteiger partial charge >= 0.3 is 0 Å². The highest BCUT2D eigenvalue weighted by Crippen LogP contribution is 2.22. The van der Waals surface area contributed by atoms with E-state index in [2.05, 4.69) is 21.2 Å². The van der Waals surface area contributed by atoms with Gasteiger partial charge in [-0.25, -0.2) is 0 Å². The molecule has 1 aromatic rings. The molecule has 0 aromatic heterocycles. The van der Waals surface area contributed by atoms with Crippen LogP contribution in [-0.2, 0) is 9.59 Å². The number of amides is 2. The van der Waals surface area contributed by atoms with Crippen molar-refractivity contribution in [2.24, 2.45) is 5.92 Å². The molecule has 1 fully saturated rings. The molecule has 102 valence electrons. The lowest BCUT2D eigenvalue weighted by Crippen LogP contribution is -2.47. The average molecular weight is 325 g/mol. The van der Waals surface area contributed by atoms with E-state index in [4.69, 9.17) is 0 Å². The van der Waals surface area contributed by atoms with E-state index in [0.717, 1.165) is 10.2 Å². The molecule has 5 heteroatoms. The molecule has 0 bridgehead atoms. The van der Waals surface area contributed by atoms with Crippen LogP contribution in [-0.4, -0.2) is 24.4 Å². The Kier molecular flexibility index (Phi) is 4.24. The van der Waals surface area contributed by atoms with Crippen molar-refractivity contribution in [2.45, 2.75) is 26.3 Å². The number of anilines is 1. The second-order valence-electron chi connectivity index (χ2n) is 5.01. The number of hydrogen-bond acceptors (Lipinski definition) is 2. The van der Waals surface area contributed by atoms with Gasteiger partial charge in [0, 0.05) is 23.1 Å². The average Bonchev–Trinajstić information content (AvgIpc) is 2.51. The van der Waals surface area contributed by atoms with E-state index in [1.165, 1.54) is 0 Å². The third-order valence-corrected chi connectivity index (χ3v) is 3.74. The van der Waals surface area contributed by atoms with Crippen LogP contribution in [0.4, 0.5) is 5.69 Å². The Morgan fingerprint density at radius 2 is 1.89 bits per heavy atom. The zero-order chi connectivity index (χ0) is 14.0. The maximum absolute atomic E-state index is 12.5. The van der Waals surface area contributed by atoms with E-state index in [1.54, 1.807) is 4.90 Å². The molecule has 0 spiro atoms. The van der Waals surface area contributed by atoms with Gasteiger partial charge in [0.2, 0.25) is 11.8 Å². The molecular formula is C14H17BrN2O2. The maximum Gasteiger partial charge on any atom is 0.249 e. The van der Waals surface area contributed by atoms with Crippen molar-refractivity contribution in [3.63, 3.8) is 0 Å². The molecule has 0 aliphatic carbocycles. The van der Waals surface area contributed by atoms with Crippen LogP contribution in [0, 0.1) is 5.92 Å². The van der Waals surface area contributed by atoms with Gasteiger partial charge in [-0.1, -0.05) is 29.8 Å². The van der Waals surface area contributed by atoms with Crippen molar-refractivity contribution < 1.29 is 9.59 Å². The van der Waals surface area contributed by atoms with Crippen LogP contribution in [0.3, 0.4) is 0 Å². The normalized spacial score (nSPS) is 20.4. The zero-order valence-corrected chi connectivity index (χ0v) is 12.6. The number of carbonyl (C=O) groups is 2. The molecule has 2 amide bonds. The van der Waals surface area contributed by atoms with Crippen LogP contribution in [0.25, 0.3) is 0 Å². The van der Waals surface area contributed by atoms with E-state index in [-0.39, 0.29) is 17.7 Å². The third kappa shape index (κ3) is 3.15. The fraction of sp³-hybridized carbons (Fsp3) is 0.429. The van der Waals surface area contributed by atoms with Gasteiger partial charge < -0.3 is 10.2 Å². The van der Waals surface area contributed by atoms with Gasteiger partial charge in [0.05, 0.1) is 0 Å². The standard InChI is InChI=1S/C14H17BrN2O2/c1-9(2)13-14(19)17(8-7-12(18)16-13)11-5-3-10(15)4-6-11/h3-6,9,13H,7-8H2,1-2H3,(H,16,18). The minimum absolute atomic E-state index is 0.0387. The first kappa shape index (κ1) is 14.1. The first-order valence-electron chi connectivity index (χ1n) is 6.35. The molecule has 1 heterocycles. The number of rotatable bonds is 2. The summed E-state index contributed by atoms with van der Waals surface area (Å²) in [4.78, 5) is 25.9. The fourth-order valence-electron chi connectivity index (χ4n) is 2.13. The smallest absolute Gasteiger partial charge is 0.249 e. The monoisotopic (exact) mass is 324 g/mol. The predicted octanol–water partition coefficient (Wildman–Crippen LogP) is 2.33. The van der Waals surface area contributed by atoms with Crippen LogP contribution < -0.4 is 10.2 Å². The molecule has 4 nitrogen and oxygen atoms in total. The lowest BCUT2D eigenvalue weighted by atomic mass is 10.0. The van der Waals surface area contributed by atoms with Gasteiger partial charge in [-0.05, 0) is 30.2 Å². The van der Waals surface area contributed by atoms with E-state index in [1.807, 2.05) is 38.1 Å². The summed E-state index contributed by atoms with van der Waals surface area (Å²) in [6, 6.07) is 7.11. The highest BCUT2D eigenvalue weighted by Gasteiger charge is 2.32. The van der Waals surface area contributed by atoms with Crippen LogP contribution in [0.1, 0.15) is 20.3 Å². The van der Waals surface area contributed by atoms with Crippen molar-refractivity contribution in [2.75, 3.05) is 11.4 Å². The second-order valence-corrected chi connectivity index (χ2v) is 5.92. The summed E-state index contributed by atoms with van der Waals surface area (Å²) in [5, 5.41) is 2.80. The van der Waals surface area contributed by atoms with Gasteiger partial charge in [-0.2, -0.15) is 0 Å². The first-order chi connectivity index (χ1) is 8.99. The van der Waals surface area contributed by atoms with E-state index in [0.29, 0.717) is 13.0 Å². The summed E-state index contributed by atoms with van der Waals surface area (Å²) in [7, 11) is 0. The Bertz CT molecular complexity index is 485. The van der Waals surface area contributed by atoms with Crippen LogP contribution >= 0.6 is 15.9 Å². The van der Waals surface area contributed by atoms with Crippen LogP contribution in [0.5, 0.6) is 0 Å². The summed E-state index contributed by atoms with van der Waals surface area (Å²) >= 11 is 3.37. The molecule has 1 aliphatic heterocycles. The summed E-state index contributed by atoms with van der Waals surface area (Å²) in [5.41, 5.74) is 0.829. The molecule has 0 radical (unpaired) electrons. The lowest BCUT2D eigenvalue weighted by Gasteiger charge is -2.26. The van der Waals surface area contributed by atoms with Crippen LogP contribution in [0.15, 0.2) is 28.7 Å². The summed E-state index contributed by atoms with van der Waals surface area (Å²) in [5.74, 6) is -0.0256. The minimum Gasteiger partial charge on any atom is -0.344 e. The molecule has 1 atom stereocenters. The lowest BCUT2D eigenvalue weighted by molar-refractivity contribution is -0.126. The quantitative estimate of drug-likeness (QED) is 0.907. The molecule has 1 unspecified atom stereocenters. The van der Waals surface area contributed by atoms with Gasteiger partial charge in [-0.15, -0.1) is 0 Å². The van der Waals surface area contributed by atoms with Gasteiger partial charge in [0.15, 0.2) is 0 Å². The summed E-state index contributed by atoms with van der Waals surface area (Å²) in [6.07, 6.45) is 0.338. The molecule has 1 N–H and O–H groups in total. The van der Waals surface area contributed by atoms with Crippen LogP contribution in [0.2, 0.25) is 0 Å². The van der Waals surface area contributed by atoms with E-state index in [9.17, 15) is 9.59 Å². The Morgan fingerprint density at radius 1 is 1.26 bits per heavy atom. The third-order valence-electron chi connectivity index (χ3n) is 3.22. The number of benzene rings is 1. The SMILES string of the molecule is CC(C)C1NC(=O)CCN(c2ccc(Br)cc2)C1=O. The van der Waals surface area contributed by atoms with E-state index >= 15 is 0 Å². The maximum atomic E-state index is 12.5. The van der Waals surface area contributed by atoms with Crippen molar-refractivity contribution in [1.82, 2.24) is 5.32 Å². The van der Waals surface area contributed by atoms with Crippen molar-refractivity contribution in [1.29, 1.82) is 0 Å². The molecule has 1 aromatic carbocycles. The highest BCUT2D eigenvalue weighted by atomic mass is 79.9. The Labute approximate surface area is 121 Å². The first-order valence-corrected chi connectivity index (χ1v) is 7.14. The van der Waals surface area contributed by atoms with Crippen molar-refractivity contribution in [3.8, 4) is 0 Å². The molecule has 2 rings (SSSR count). The second kappa shape index (κ2) is 5.74. The number of halogens is 1. The molecule has 19 heavy (non-hydrogen) atoms. The van der Waals surface area contributed by atoms with Crippen molar-refractivity contribution in [3.05, 3.63) is 28.7 Å². The zero-order valence-electron chi connectivity index (χ0n) is 11.0. The number of carbonyl (C=O) groups excluding carboxylic acids is 2. The van der Waals surface area contributed by atoms with Gasteiger partial charge in [-0.3, -0.25) is 9.59 Å². The number of nitrogens with zero attached hydrogens (tertiary/aromatic N) is 1. The molecule has 1 aliphatic rings. The fourth-order valence-corrected chi connectivity index (χ4v) is 2.39. The topological polar surface area (TPSA) is 49.4 Å². The van der Waals surface area contributed by atoms with Crippen molar-refractivity contribution >= 4 is 33.4 Å². The van der Waals surface area contributed by atoms with Gasteiger partial charge in [0.1, 0.15) is 6.04 Å². The number of hydrogen-bond donors (Lipinski definition) is 1. The van der Waals surface area contributed by atoms with E-state index < -0.39 is 6.04 Å². The molecular weight excluding hydrogens is 308 g/mol. The molecule has 1 saturated heterocycles. The molecule has 0 saturated carbocycles. The minimum atomic E-state index is -0.446. The Morgan fingerprint density at radius 3 is 2.47 bits per heavy atom. The Balaban J connectivity index is 2.30. The summed E-state index contributed by atoms with van der Waals surface area (Å²) < 4.78 is 0.966.